The van der Waals surface area contributed by atoms with Crippen molar-refractivity contribution in [1.82, 2.24) is 0 Å². The van der Waals surface area contributed by atoms with Crippen molar-refractivity contribution in [3.63, 3.8) is 0 Å². The zero-order chi connectivity index (χ0) is 15.5. The van der Waals surface area contributed by atoms with E-state index in [-0.39, 0.29) is 0 Å². The van der Waals surface area contributed by atoms with Crippen LogP contribution in [0.1, 0.15) is 5.56 Å². The van der Waals surface area contributed by atoms with Crippen molar-refractivity contribution in [1.29, 1.82) is 0 Å². The largest absolute Gasteiger partial charge is 0.336 e. The number of halogens is 2. The van der Waals surface area contributed by atoms with Gasteiger partial charge in [0.15, 0.2) is 0 Å². The zero-order valence-electron chi connectivity index (χ0n) is 12.0. The molecule has 0 saturated heterocycles. The summed E-state index contributed by atoms with van der Waals surface area (Å²) >= 11 is 9.84. The van der Waals surface area contributed by atoms with E-state index >= 15 is 0 Å². The molecule has 0 N–H and O–H groups in total. The summed E-state index contributed by atoms with van der Waals surface area (Å²) in [5.41, 5.74) is 4.27. The van der Waals surface area contributed by atoms with E-state index in [4.69, 9.17) is 11.6 Å². The number of benzene rings is 2. The molecule has 0 spiro atoms. The Morgan fingerprint density at radius 2 is 1.86 bits per heavy atom. The van der Waals surface area contributed by atoms with Gasteiger partial charge in [-0.25, -0.2) is 0 Å². The normalized spacial score (nSPS) is 17.2. The fourth-order valence-electron chi connectivity index (χ4n) is 2.51. The van der Waals surface area contributed by atoms with Crippen molar-refractivity contribution in [3.05, 3.63) is 88.4 Å². The van der Waals surface area contributed by atoms with Crippen molar-refractivity contribution >= 4 is 44.5 Å². The number of hydrogen-bond donors (Lipinski definition) is 0. The average molecular weight is 373 g/mol. The second-order valence-corrected chi connectivity index (χ2v) is 6.33. The molecule has 1 aliphatic rings. The zero-order valence-corrected chi connectivity index (χ0v) is 14.3. The van der Waals surface area contributed by atoms with Crippen LogP contribution >= 0.6 is 27.5 Å². The van der Waals surface area contributed by atoms with E-state index in [1.54, 1.807) is 0 Å². The Hall–Kier alpha value is -1.77. The Balaban J connectivity index is 2.20. The van der Waals surface area contributed by atoms with Crippen molar-refractivity contribution in [2.75, 3.05) is 11.4 Å². The third-order valence-corrected chi connectivity index (χ3v) is 4.48. The number of allylic oxidation sites excluding steroid dienone is 4. The van der Waals surface area contributed by atoms with Crippen LogP contribution in [-0.4, -0.2) is 6.54 Å². The maximum Gasteiger partial charge on any atom is 0.0573 e. The van der Waals surface area contributed by atoms with Crippen LogP contribution in [0.5, 0.6) is 0 Å². The first kappa shape index (κ1) is 15.1. The van der Waals surface area contributed by atoms with Gasteiger partial charge < -0.3 is 4.90 Å². The summed E-state index contributed by atoms with van der Waals surface area (Å²) in [5.74, 6) is 0. The first-order valence-electron chi connectivity index (χ1n) is 7.01. The first-order valence-corrected chi connectivity index (χ1v) is 8.18. The van der Waals surface area contributed by atoms with E-state index < -0.39 is 0 Å². The molecule has 0 aromatic heterocycles. The molecule has 0 fully saturated rings. The van der Waals surface area contributed by atoms with Gasteiger partial charge in [-0.05, 0) is 45.8 Å². The lowest BCUT2D eigenvalue weighted by Gasteiger charge is -2.27. The van der Waals surface area contributed by atoms with Crippen molar-refractivity contribution < 1.29 is 0 Å². The minimum atomic E-state index is 0.719. The minimum Gasteiger partial charge on any atom is -0.336 e. The average Bonchev–Trinajstić information content (AvgIpc) is 2.60. The molecule has 1 aliphatic heterocycles. The predicted molar refractivity (Wildman–Crippen MR) is 99.9 cm³/mol. The van der Waals surface area contributed by atoms with Gasteiger partial charge in [0.1, 0.15) is 0 Å². The Bertz CT molecular complexity index is 777. The number of hydrogen-bond acceptors (Lipinski definition) is 1. The smallest absolute Gasteiger partial charge is 0.0573 e. The van der Waals surface area contributed by atoms with E-state index in [2.05, 4.69) is 45.6 Å². The molecule has 3 rings (SSSR count). The molecule has 2 aromatic rings. The Labute approximate surface area is 144 Å². The highest BCUT2D eigenvalue weighted by molar-refractivity contribution is 9.10. The highest BCUT2D eigenvalue weighted by Gasteiger charge is 2.16. The fourth-order valence-corrected chi connectivity index (χ4v) is 3.13. The Kier molecular flexibility index (Phi) is 4.51. The van der Waals surface area contributed by atoms with E-state index in [1.165, 1.54) is 0 Å². The predicted octanol–water partition coefficient (Wildman–Crippen LogP) is 6.38. The summed E-state index contributed by atoms with van der Waals surface area (Å²) in [4.78, 5) is 2.24. The number of fused-ring (bicyclic) bond motifs is 1. The van der Waals surface area contributed by atoms with Gasteiger partial charge in [0.25, 0.3) is 0 Å². The molecule has 22 heavy (non-hydrogen) atoms. The SMILES string of the molecule is C=C1/C=C\C=C/CN(c2cc(Cl)ccc2Br)c2ccccc21. The van der Waals surface area contributed by atoms with Crippen LogP contribution in [-0.2, 0) is 0 Å². The molecule has 110 valence electrons. The van der Waals surface area contributed by atoms with E-state index in [0.29, 0.717) is 0 Å². The molecular weight excluding hydrogens is 358 g/mol. The lowest BCUT2D eigenvalue weighted by molar-refractivity contribution is 1.09. The molecule has 0 bridgehead atoms. The van der Waals surface area contributed by atoms with Gasteiger partial charge in [-0.3, -0.25) is 0 Å². The van der Waals surface area contributed by atoms with Gasteiger partial charge in [-0.15, -0.1) is 0 Å². The molecule has 0 radical (unpaired) electrons. The van der Waals surface area contributed by atoms with Crippen LogP contribution in [0.2, 0.25) is 5.02 Å². The summed E-state index contributed by atoms with van der Waals surface area (Å²) in [7, 11) is 0. The van der Waals surface area contributed by atoms with Gasteiger partial charge in [-0.2, -0.15) is 0 Å². The Morgan fingerprint density at radius 1 is 1.05 bits per heavy atom. The van der Waals surface area contributed by atoms with Gasteiger partial charge >= 0.3 is 0 Å². The van der Waals surface area contributed by atoms with Crippen LogP contribution in [0.25, 0.3) is 5.57 Å². The molecule has 1 heterocycles. The molecule has 0 unspecified atom stereocenters. The second-order valence-electron chi connectivity index (χ2n) is 5.04. The molecule has 0 saturated carbocycles. The van der Waals surface area contributed by atoms with E-state index in [1.807, 2.05) is 48.6 Å². The summed E-state index contributed by atoms with van der Waals surface area (Å²) in [6.07, 6.45) is 8.23. The monoisotopic (exact) mass is 371 g/mol. The third kappa shape index (κ3) is 3.03. The summed E-state index contributed by atoms with van der Waals surface area (Å²) < 4.78 is 1.01. The van der Waals surface area contributed by atoms with Crippen LogP contribution in [0.4, 0.5) is 11.4 Å². The molecule has 2 aromatic carbocycles. The van der Waals surface area contributed by atoms with Crippen molar-refractivity contribution in [3.8, 4) is 0 Å². The first-order chi connectivity index (χ1) is 10.7. The third-order valence-electron chi connectivity index (χ3n) is 3.57. The van der Waals surface area contributed by atoms with Crippen LogP contribution in [0, 0.1) is 0 Å². The molecule has 3 heteroatoms. The lowest BCUT2D eigenvalue weighted by atomic mass is 10.0. The minimum absolute atomic E-state index is 0.719. The maximum atomic E-state index is 6.20. The van der Waals surface area contributed by atoms with Gasteiger partial charge in [0, 0.05) is 27.3 Å². The second kappa shape index (κ2) is 6.55. The Morgan fingerprint density at radius 3 is 2.73 bits per heavy atom. The van der Waals surface area contributed by atoms with Gasteiger partial charge in [0.05, 0.1) is 5.69 Å². The highest BCUT2D eigenvalue weighted by Crippen LogP contribution is 2.38. The van der Waals surface area contributed by atoms with Gasteiger partial charge in [0.2, 0.25) is 0 Å². The fraction of sp³-hybridized carbons (Fsp3) is 0.0526. The number of rotatable bonds is 1. The van der Waals surface area contributed by atoms with E-state index in [0.717, 1.165) is 38.6 Å². The van der Waals surface area contributed by atoms with Gasteiger partial charge in [-0.1, -0.05) is 60.7 Å². The summed E-state index contributed by atoms with van der Waals surface area (Å²) in [6.45, 7) is 4.94. The standard InChI is InChI=1S/C19H15BrClN/c1-14-7-3-2-6-12-22(18-9-5-4-8-16(14)18)19-13-15(21)10-11-17(19)20/h2-11,13H,1,12H2/b6-2-,7-3-. The van der Waals surface area contributed by atoms with Crippen molar-refractivity contribution in [2.45, 2.75) is 0 Å². The molecule has 0 amide bonds. The number of anilines is 2. The molecular formula is C19H15BrClN. The molecule has 0 aliphatic carbocycles. The number of para-hydroxylation sites is 1. The maximum absolute atomic E-state index is 6.20. The lowest BCUT2D eigenvalue weighted by Crippen LogP contribution is -2.18. The van der Waals surface area contributed by atoms with Crippen LogP contribution in [0.15, 0.2) is 77.8 Å². The van der Waals surface area contributed by atoms with Crippen molar-refractivity contribution in [2.24, 2.45) is 0 Å². The summed E-state index contributed by atoms with van der Waals surface area (Å²) in [5, 5.41) is 0.719. The number of nitrogens with zero attached hydrogens (tertiary/aromatic N) is 1. The highest BCUT2D eigenvalue weighted by atomic mass is 79.9. The van der Waals surface area contributed by atoms with E-state index in [9.17, 15) is 0 Å². The van der Waals surface area contributed by atoms with Crippen LogP contribution < -0.4 is 4.90 Å². The van der Waals surface area contributed by atoms with Crippen LogP contribution in [0.3, 0.4) is 0 Å². The quantitative estimate of drug-likeness (QED) is 0.561. The molecule has 0 atom stereocenters. The summed E-state index contributed by atoms with van der Waals surface area (Å²) in [6, 6.07) is 14.1. The topological polar surface area (TPSA) is 3.24 Å². The molecule has 1 nitrogen and oxygen atoms in total.